The van der Waals surface area contributed by atoms with Crippen LogP contribution in [0.3, 0.4) is 0 Å². The van der Waals surface area contributed by atoms with E-state index in [0.29, 0.717) is 6.04 Å². The fourth-order valence-corrected chi connectivity index (χ4v) is 2.60. The fraction of sp³-hybridized carbons (Fsp3) is 0.562. The third kappa shape index (κ3) is 3.95. The molecule has 0 radical (unpaired) electrons. The van der Waals surface area contributed by atoms with Gasteiger partial charge < -0.3 is 13.9 Å². The van der Waals surface area contributed by atoms with Gasteiger partial charge in [-0.05, 0) is 32.1 Å². The summed E-state index contributed by atoms with van der Waals surface area (Å²) in [7, 11) is 2.01. The molecule has 0 aromatic carbocycles. The Balaban J connectivity index is 2.12. The van der Waals surface area contributed by atoms with Gasteiger partial charge >= 0.3 is 0 Å². The van der Waals surface area contributed by atoms with E-state index in [1.54, 1.807) is 6.26 Å². The van der Waals surface area contributed by atoms with Crippen LogP contribution in [0.4, 0.5) is 0 Å². The molecule has 2 heterocycles. The fourth-order valence-electron chi connectivity index (χ4n) is 2.60. The molecular weight excluding hydrogens is 264 g/mol. The van der Waals surface area contributed by atoms with Crippen molar-refractivity contribution in [3.63, 3.8) is 0 Å². The largest absolute Gasteiger partial charge is 0.467 e. The maximum absolute atomic E-state index is 5.60. The van der Waals surface area contributed by atoms with Crippen molar-refractivity contribution in [2.24, 2.45) is 7.05 Å². The molecule has 1 N–H and O–H groups in total. The van der Waals surface area contributed by atoms with E-state index >= 15 is 0 Å². The Morgan fingerprint density at radius 1 is 1.38 bits per heavy atom. The third-order valence-electron chi connectivity index (χ3n) is 3.82. The quantitative estimate of drug-likeness (QED) is 0.811. The third-order valence-corrected chi connectivity index (χ3v) is 3.82. The summed E-state index contributed by atoms with van der Waals surface area (Å²) < 4.78 is 7.64. The van der Waals surface area contributed by atoms with Crippen molar-refractivity contribution in [3.8, 4) is 0 Å². The lowest BCUT2D eigenvalue weighted by molar-refractivity contribution is 0.259. The maximum atomic E-state index is 5.60. The number of nitrogens with one attached hydrogen (secondary N) is 1. The highest BCUT2D eigenvalue weighted by atomic mass is 16.3. The van der Waals surface area contributed by atoms with Crippen molar-refractivity contribution in [2.75, 3.05) is 19.6 Å². The minimum atomic E-state index is -0.0226. The van der Waals surface area contributed by atoms with Gasteiger partial charge in [-0.2, -0.15) is 0 Å². The summed E-state index contributed by atoms with van der Waals surface area (Å²) in [6.45, 7) is 9.73. The zero-order valence-electron chi connectivity index (χ0n) is 13.4. The van der Waals surface area contributed by atoms with Gasteiger partial charge in [0.25, 0.3) is 0 Å². The lowest BCUT2D eigenvalue weighted by atomic mass is 10.1. The van der Waals surface area contributed by atoms with Gasteiger partial charge in [-0.1, -0.05) is 13.8 Å². The van der Waals surface area contributed by atoms with Crippen LogP contribution in [0.1, 0.15) is 38.4 Å². The molecule has 0 aliphatic heterocycles. The second-order valence-electron chi connectivity index (χ2n) is 5.40. The van der Waals surface area contributed by atoms with Crippen LogP contribution in [0.5, 0.6) is 0 Å². The van der Waals surface area contributed by atoms with Gasteiger partial charge in [0.2, 0.25) is 0 Å². The second-order valence-corrected chi connectivity index (χ2v) is 5.40. The monoisotopic (exact) mass is 290 g/mol. The van der Waals surface area contributed by atoms with Crippen LogP contribution < -0.4 is 5.32 Å². The Morgan fingerprint density at radius 2 is 2.14 bits per heavy atom. The average molecular weight is 290 g/mol. The topological polar surface area (TPSA) is 46.2 Å². The van der Waals surface area contributed by atoms with Crippen molar-refractivity contribution < 1.29 is 4.42 Å². The summed E-state index contributed by atoms with van der Waals surface area (Å²) >= 11 is 0. The normalized spacial score (nSPS) is 14.5. The number of aromatic nitrogens is 2. The van der Waals surface area contributed by atoms with Gasteiger partial charge in [0.1, 0.15) is 17.6 Å². The van der Waals surface area contributed by atoms with Gasteiger partial charge in [-0.25, -0.2) is 4.98 Å². The van der Waals surface area contributed by atoms with Gasteiger partial charge in [0.05, 0.1) is 6.26 Å². The first-order valence-corrected chi connectivity index (χ1v) is 7.64. The zero-order chi connectivity index (χ0) is 15.2. The van der Waals surface area contributed by atoms with Crippen LogP contribution in [0.2, 0.25) is 0 Å². The van der Waals surface area contributed by atoms with E-state index < -0.39 is 0 Å². The first kappa shape index (κ1) is 15.8. The highest BCUT2D eigenvalue weighted by molar-refractivity contribution is 5.16. The van der Waals surface area contributed by atoms with Crippen molar-refractivity contribution >= 4 is 0 Å². The lowest BCUT2D eigenvalue weighted by Gasteiger charge is -2.26. The van der Waals surface area contributed by atoms with Crippen molar-refractivity contribution in [3.05, 3.63) is 42.4 Å². The Bertz CT molecular complexity index is 516. The van der Waals surface area contributed by atoms with Crippen LogP contribution in [0, 0.1) is 0 Å². The van der Waals surface area contributed by atoms with E-state index in [0.717, 1.165) is 31.2 Å². The van der Waals surface area contributed by atoms with E-state index in [9.17, 15) is 0 Å². The van der Waals surface area contributed by atoms with Crippen LogP contribution in [0.15, 0.2) is 35.2 Å². The molecule has 2 atom stereocenters. The van der Waals surface area contributed by atoms with Crippen molar-refractivity contribution in [2.45, 2.75) is 32.9 Å². The molecule has 0 fully saturated rings. The highest BCUT2D eigenvalue weighted by Crippen LogP contribution is 2.21. The van der Waals surface area contributed by atoms with Crippen LogP contribution >= 0.6 is 0 Å². The minimum absolute atomic E-state index is 0.0226. The predicted molar refractivity (Wildman–Crippen MR) is 84.1 cm³/mol. The molecule has 2 rings (SSSR count). The number of hydrogen-bond donors (Lipinski definition) is 1. The molecule has 0 aliphatic rings. The molecule has 0 bridgehead atoms. The number of nitrogens with zero attached hydrogens (tertiary/aromatic N) is 3. The summed E-state index contributed by atoms with van der Waals surface area (Å²) in [6, 6.07) is 4.24. The lowest BCUT2D eigenvalue weighted by Crippen LogP contribution is -2.41. The molecule has 2 unspecified atom stereocenters. The highest BCUT2D eigenvalue weighted by Gasteiger charge is 2.23. The van der Waals surface area contributed by atoms with E-state index in [-0.39, 0.29) is 6.04 Å². The van der Waals surface area contributed by atoms with Crippen LogP contribution in [-0.2, 0) is 7.05 Å². The Kier molecular flexibility index (Phi) is 5.59. The van der Waals surface area contributed by atoms with E-state index in [2.05, 4.69) is 36.0 Å². The molecule has 5 heteroatoms. The summed E-state index contributed by atoms with van der Waals surface area (Å²) in [4.78, 5) is 6.88. The first-order valence-electron chi connectivity index (χ1n) is 7.64. The van der Waals surface area contributed by atoms with E-state index in [1.807, 2.05) is 36.1 Å². The number of likely N-dealkylation sites (N-methyl/N-ethyl adjacent to an activating group) is 1. The summed E-state index contributed by atoms with van der Waals surface area (Å²) in [6.07, 6.45) is 5.49. The Labute approximate surface area is 127 Å². The summed E-state index contributed by atoms with van der Waals surface area (Å²) in [5, 5.41) is 3.64. The molecule has 0 spiro atoms. The van der Waals surface area contributed by atoms with Gasteiger partial charge in [0.15, 0.2) is 0 Å². The molecule has 0 saturated carbocycles. The average Bonchev–Trinajstić information content (AvgIpc) is 3.14. The Morgan fingerprint density at radius 3 is 2.67 bits per heavy atom. The second kappa shape index (κ2) is 7.43. The smallest absolute Gasteiger partial charge is 0.133 e. The molecule has 0 aliphatic carbocycles. The summed E-state index contributed by atoms with van der Waals surface area (Å²) in [5.74, 6) is 1.87. The number of rotatable bonds is 8. The number of hydrogen-bond acceptors (Lipinski definition) is 4. The van der Waals surface area contributed by atoms with Crippen molar-refractivity contribution in [1.29, 1.82) is 0 Å². The predicted octanol–water partition coefficient (Wildman–Crippen LogP) is 2.42. The molecule has 2 aromatic heterocycles. The van der Waals surface area contributed by atoms with Gasteiger partial charge in [-0.3, -0.25) is 5.32 Å². The number of imidazole rings is 1. The van der Waals surface area contributed by atoms with Gasteiger partial charge in [-0.15, -0.1) is 0 Å². The van der Waals surface area contributed by atoms with E-state index in [1.165, 1.54) is 0 Å². The molecule has 0 amide bonds. The molecule has 0 saturated heterocycles. The standard InChI is InChI=1S/C16H26N4O/c1-5-20(6-2)12-13(3)18-15(14-8-7-11-21-14)16-17-9-10-19(16)4/h7-11,13,15,18H,5-6,12H2,1-4H3. The Hall–Kier alpha value is -1.59. The minimum Gasteiger partial charge on any atom is -0.467 e. The zero-order valence-corrected chi connectivity index (χ0v) is 13.4. The maximum Gasteiger partial charge on any atom is 0.133 e. The van der Waals surface area contributed by atoms with Crippen LogP contribution in [0.25, 0.3) is 0 Å². The number of furan rings is 1. The van der Waals surface area contributed by atoms with Crippen LogP contribution in [-0.4, -0.2) is 40.1 Å². The van der Waals surface area contributed by atoms with E-state index in [4.69, 9.17) is 4.42 Å². The van der Waals surface area contributed by atoms with Crippen molar-refractivity contribution in [1.82, 2.24) is 19.8 Å². The molecule has 2 aromatic rings. The molecule has 5 nitrogen and oxygen atoms in total. The van der Waals surface area contributed by atoms with Gasteiger partial charge in [0, 0.05) is 32.0 Å². The first-order chi connectivity index (χ1) is 10.2. The molecule has 116 valence electrons. The number of aryl methyl sites for hydroxylation is 1. The molecular formula is C16H26N4O. The molecule has 21 heavy (non-hydrogen) atoms. The summed E-state index contributed by atoms with van der Waals surface area (Å²) in [5.41, 5.74) is 0. The SMILES string of the molecule is CCN(CC)CC(C)NC(c1ccco1)c1nccn1C.